The molecule has 2 N–H and O–H groups in total. The fourth-order valence-corrected chi connectivity index (χ4v) is 1.02. The number of aryl methyl sites for hydroxylation is 1. The first-order valence-corrected chi connectivity index (χ1v) is 4.90. The van der Waals surface area contributed by atoms with E-state index in [4.69, 9.17) is 0 Å². The summed E-state index contributed by atoms with van der Waals surface area (Å²) in [6.07, 6.45) is 3.41. The first-order valence-electron chi connectivity index (χ1n) is 4.90. The van der Waals surface area contributed by atoms with E-state index in [0.717, 1.165) is 5.56 Å². The summed E-state index contributed by atoms with van der Waals surface area (Å²) in [5.74, 6) is 0.411. The Kier molecular flexibility index (Phi) is 4.03. The van der Waals surface area contributed by atoms with Crippen LogP contribution in [0.3, 0.4) is 0 Å². The Morgan fingerprint density at radius 2 is 2.00 bits per heavy atom. The van der Waals surface area contributed by atoms with Gasteiger partial charge in [-0.25, -0.2) is 9.97 Å². The lowest BCUT2D eigenvalue weighted by Gasteiger charge is -2.08. The summed E-state index contributed by atoms with van der Waals surface area (Å²) in [6.45, 7) is 5.94. The van der Waals surface area contributed by atoms with Gasteiger partial charge in [0.15, 0.2) is 0 Å². The molecule has 1 aromatic heterocycles. The van der Waals surface area contributed by atoms with Crippen LogP contribution < -0.4 is 10.6 Å². The Balaban J connectivity index is 2.37. The van der Waals surface area contributed by atoms with Crippen LogP contribution in [0.1, 0.15) is 19.4 Å². The number of carbonyl (C=O) groups excluding carboxylic acids is 1. The van der Waals surface area contributed by atoms with Gasteiger partial charge in [0.05, 0.1) is 6.54 Å². The van der Waals surface area contributed by atoms with Crippen LogP contribution in [0.5, 0.6) is 0 Å². The van der Waals surface area contributed by atoms with E-state index in [1.54, 1.807) is 12.4 Å². The quantitative estimate of drug-likeness (QED) is 0.765. The van der Waals surface area contributed by atoms with E-state index < -0.39 is 0 Å². The van der Waals surface area contributed by atoms with Gasteiger partial charge < -0.3 is 10.6 Å². The smallest absolute Gasteiger partial charge is 0.239 e. The van der Waals surface area contributed by atoms with Crippen LogP contribution >= 0.6 is 0 Å². The van der Waals surface area contributed by atoms with Crippen molar-refractivity contribution in [3.8, 4) is 0 Å². The first-order chi connectivity index (χ1) is 7.08. The standard InChI is InChI=1S/C10H16N4O/c1-7(2)14-9(15)6-13-10-11-4-8(3)5-12-10/h4-5,7H,6H2,1-3H3,(H,14,15)(H,11,12,13). The van der Waals surface area contributed by atoms with Crippen LogP contribution in [0.4, 0.5) is 5.95 Å². The van der Waals surface area contributed by atoms with Crippen molar-refractivity contribution in [1.82, 2.24) is 15.3 Å². The second-order valence-corrected chi connectivity index (χ2v) is 3.66. The Morgan fingerprint density at radius 3 is 2.53 bits per heavy atom. The molecule has 0 aliphatic heterocycles. The Morgan fingerprint density at radius 1 is 1.40 bits per heavy atom. The lowest BCUT2D eigenvalue weighted by atomic mass is 10.4. The lowest BCUT2D eigenvalue weighted by molar-refractivity contribution is -0.119. The molecule has 0 aliphatic rings. The normalized spacial score (nSPS) is 10.1. The summed E-state index contributed by atoms with van der Waals surface area (Å²) in [7, 11) is 0. The monoisotopic (exact) mass is 208 g/mol. The Bertz CT molecular complexity index is 321. The molecule has 0 spiro atoms. The molecule has 15 heavy (non-hydrogen) atoms. The molecule has 1 aromatic rings. The minimum atomic E-state index is -0.0609. The third-order valence-electron chi connectivity index (χ3n) is 1.64. The number of nitrogens with zero attached hydrogens (tertiary/aromatic N) is 2. The predicted octanol–water partition coefficient (Wildman–Crippen LogP) is 0.722. The number of hydrogen-bond acceptors (Lipinski definition) is 4. The number of aromatic nitrogens is 2. The fraction of sp³-hybridized carbons (Fsp3) is 0.500. The number of rotatable bonds is 4. The second-order valence-electron chi connectivity index (χ2n) is 3.66. The molecule has 0 saturated heterocycles. The van der Waals surface area contributed by atoms with E-state index in [1.807, 2.05) is 20.8 Å². The molecule has 0 aliphatic carbocycles. The maximum absolute atomic E-state index is 11.3. The van der Waals surface area contributed by atoms with E-state index in [0.29, 0.717) is 5.95 Å². The second kappa shape index (κ2) is 5.29. The molecular weight excluding hydrogens is 192 g/mol. The first kappa shape index (κ1) is 11.4. The van der Waals surface area contributed by atoms with Gasteiger partial charge in [-0.3, -0.25) is 4.79 Å². The van der Waals surface area contributed by atoms with E-state index in [-0.39, 0.29) is 18.5 Å². The molecule has 1 heterocycles. The minimum absolute atomic E-state index is 0.0609. The molecule has 0 aromatic carbocycles. The summed E-state index contributed by atoms with van der Waals surface area (Å²) in [6, 6.07) is 0.151. The zero-order valence-electron chi connectivity index (χ0n) is 9.24. The van der Waals surface area contributed by atoms with E-state index >= 15 is 0 Å². The number of nitrogens with one attached hydrogen (secondary N) is 2. The van der Waals surface area contributed by atoms with Crippen LogP contribution in [0, 0.1) is 6.92 Å². The van der Waals surface area contributed by atoms with Gasteiger partial charge in [-0.05, 0) is 26.3 Å². The molecule has 0 bridgehead atoms. The SMILES string of the molecule is Cc1cnc(NCC(=O)NC(C)C)nc1. The third-order valence-corrected chi connectivity index (χ3v) is 1.64. The van der Waals surface area contributed by atoms with Gasteiger partial charge in [-0.1, -0.05) is 0 Å². The minimum Gasteiger partial charge on any atom is -0.352 e. The van der Waals surface area contributed by atoms with Crippen LogP contribution in [-0.4, -0.2) is 28.5 Å². The van der Waals surface area contributed by atoms with Gasteiger partial charge in [0.2, 0.25) is 11.9 Å². The average Bonchev–Trinajstić information content (AvgIpc) is 2.16. The van der Waals surface area contributed by atoms with Gasteiger partial charge in [0.25, 0.3) is 0 Å². The molecule has 1 amide bonds. The summed E-state index contributed by atoms with van der Waals surface area (Å²) < 4.78 is 0. The van der Waals surface area contributed by atoms with Crippen molar-refractivity contribution >= 4 is 11.9 Å². The molecule has 5 nitrogen and oxygen atoms in total. The topological polar surface area (TPSA) is 66.9 Å². The van der Waals surface area contributed by atoms with Crippen molar-refractivity contribution in [2.45, 2.75) is 26.8 Å². The summed E-state index contributed by atoms with van der Waals surface area (Å²) in [4.78, 5) is 19.3. The molecule has 0 atom stereocenters. The molecular formula is C10H16N4O. The number of carbonyl (C=O) groups is 1. The van der Waals surface area contributed by atoms with Crippen LogP contribution in [0.25, 0.3) is 0 Å². The fourth-order valence-electron chi connectivity index (χ4n) is 1.02. The largest absolute Gasteiger partial charge is 0.352 e. The van der Waals surface area contributed by atoms with Gasteiger partial charge in [0, 0.05) is 18.4 Å². The molecule has 0 unspecified atom stereocenters. The van der Waals surface area contributed by atoms with Crippen molar-refractivity contribution in [3.63, 3.8) is 0 Å². The van der Waals surface area contributed by atoms with Crippen molar-refractivity contribution < 1.29 is 4.79 Å². The molecule has 0 saturated carbocycles. The highest BCUT2D eigenvalue weighted by molar-refractivity contribution is 5.80. The van der Waals surface area contributed by atoms with Gasteiger partial charge in [-0.15, -0.1) is 0 Å². The molecule has 1 rings (SSSR count). The van der Waals surface area contributed by atoms with Gasteiger partial charge in [-0.2, -0.15) is 0 Å². The Hall–Kier alpha value is -1.65. The van der Waals surface area contributed by atoms with E-state index in [9.17, 15) is 4.79 Å². The maximum atomic E-state index is 11.3. The number of anilines is 1. The summed E-state index contributed by atoms with van der Waals surface area (Å²) in [5, 5.41) is 5.61. The molecule has 0 radical (unpaired) electrons. The third kappa shape index (κ3) is 4.39. The van der Waals surface area contributed by atoms with Gasteiger partial charge >= 0.3 is 0 Å². The highest BCUT2D eigenvalue weighted by Gasteiger charge is 2.03. The predicted molar refractivity (Wildman–Crippen MR) is 58.5 cm³/mol. The van der Waals surface area contributed by atoms with Crippen LogP contribution in [0.15, 0.2) is 12.4 Å². The summed E-state index contributed by atoms with van der Waals surface area (Å²) in [5.41, 5.74) is 0.993. The lowest BCUT2D eigenvalue weighted by Crippen LogP contribution is -2.35. The molecule has 0 fully saturated rings. The average molecular weight is 208 g/mol. The maximum Gasteiger partial charge on any atom is 0.239 e. The number of hydrogen-bond donors (Lipinski definition) is 2. The van der Waals surface area contributed by atoms with Crippen LogP contribution in [0.2, 0.25) is 0 Å². The Labute approximate surface area is 89.3 Å². The van der Waals surface area contributed by atoms with E-state index in [1.165, 1.54) is 0 Å². The van der Waals surface area contributed by atoms with Crippen molar-refractivity contribution in [3.05, 3.63) is 18.0 Å². The van der Waals surface area contributed by atoms with E-state index in [2.05, 4.69) is 20.6 Å². The van der Waals surface area contributed by atoms with Crippen molar-refractivity contribution in [2.75, 3.05) is 11.9 Å². The van der Waals surface area contributed by atoms with Crippen molar-refractivity contribution in [1.29, 1.82) is 0 Å². The van der Waals surface area contributed by atoms with Crippen molar-refractivity contribution in [2.24, 2.45) is 0 Å². The summed E-state index contributed by atoms with van der Waals surface area (Å²) >= 11 is 0. The highest BCUT2D eigenvalue weighted by atomic mass is 16.1. The van der Waals surface area contributed by atoms with Crippen LogP contribution in [-0.2, 0) is 4.79 Å². The highest BCUT2D eigenvalue weighted by Crippen LogP contribution is 1.97. The molecule has 5 heteroatoms. The van der Waals surface area contributed by atoms with Gasteiger partial charge in [0.1, 0.15) is 0 Å². The number of amides is 1. The molecule has 82 valence electrons. The zero-order chi connectivity index (χ0) is 11.3. The zero-order valence-corrected chi connectivity index (χ0v) is 9.24.